The van der Waals surface area contributed by atoms with Crippen molar-refractivity contribution in [2.24, 2.45) is 0 Å². The third-order valence-corrected chi connectivity index (χ3v) is 5.43. The van der Waals surface area contributed by atoms with Crippen LogP contribution in [0.4, 0.5) is 5.95 Å². The fourth-order valence-electron chi connectivity index (χ4n) is 3.94. The lowest BCUT2D eigenvalue weighted by molar-refractivity contribution is 0.0917. The van der Waals surface area contributed by atoms with Crippen LogP contribution in [0.3, 0.4) is 0 Å². The van der Waals surface area contributed by atoms with Crippen molar-refractivity contribution in [2.45, 2.75) is 70.1 Å². The van der Waals surface area contributed by atoms with E-state index < -0.39 is 0 Å². The Morgan fingerprint density at radius 1 is 1.29 bits per heavy atom. The van der Waals surface area contributed by atoms with Crippen LogP contribution in [0.2, 0.25) is 0 Å². The van der Waals surface area contributed by atoms with Crippen molar-refractivity contribution in [3.8, 4) is 0 Å². The Balaban J connectivity index is 1.69. The SMILES string of the molecule is CC1(C)CCC(=O)c2cc3cnc(N[C@H]4CC[C@H](O)CC4)nc3n21. The quantitative estimate of drug-likeness (QED) is 0.886. The molecule has 1 aliphatic carbocycles. The molecule has 0 atom stereocenters. The van der Waals surface area contributed by atoms with E-state index in [9.17, 15) is 9.90 Å². The molecule has 0 spiro atoms. The van der Waals surface area contributed by atoms with Crippen molar-refractivity contribution >= 4 is 22.8 Å². The highest BCUT2D eigenvalue weighted by Crippen LogP contribution is 2.35. The number of carbonyl (C=O) groups excluding carboxylic acids is 1. The van der Waals surface area contributed by atoms with E-state index in [-0.39, 0.29) is 17.4 Å². The van der Waals surface area contributed by atoms with Gasteiger partial charge in [0.25, 0.3) is 0 Å². The summed E-state index contributed by atoms with van der Waals surface area (Å²) in [6, 6.07) is 2.22. The first kappa shape index (κ1) is 15.6. The Hall–Kier alpha value is -1.95. The van der Waals surface area contributed by atoms with E-state index in [0.29, 0.717) is 18.4 Å². The fourth-order valence-corrected chi connectivity index (χ4v) is 3.94. The fraction of sp³-hybridized carbons (Fsp3) is 0.611. The molecule has 2 aliphatic rings. The highest BCUT2D eigenvalue weighted by molar-refractivity contribution is 6.00. The molecule has 0 radical (unpaired) electrons. The van der Waals surface area contributed by atoms with Gasteiger partial charge in [-0.3, -0.25) is 4.79 Å². The number of aliphatic hydroxyl groups excluding tert-OH is 1. The molecule has 4 rings (SSSR count). The molecule has 2 aromatic heterocycles. The first-order valence-corrected chi connectivity index (χ1v) is 8.81. The Kier molecular flexibility index (Phi) is 3.60. The van der Waals surface area contributed by atoms with Crippen molar-refractivity contribution in [3.63, 3.8) is 0 Å². The molecule has 0 bridgehead atoms. The van der Waals surface area contributed by atoms with Crippen LogP contribution in [0, 0.1) is 0 Å². The molecule has 128 valence electrons. The van der Waals surface area contributed by atoms with Crippen molar-refractivity contribution in [3.05, 3.63) is 18.0 Å². The number of rotatable bonds is 2. The minimum atomic E-state index is -0.170. The zero-order chi connectivity index (χ0) is 16.9. The van der Waals surface area contributed by atoms with Gasteiger partial charge in [0.15, 0.2) is 5.78 Å². The van der Waals surface area contributed by atoms with Gasteiger partial charge in [0.1, 0.15) is 5.65 Å². The molecule has 0 unspecified atom stereocenters. The average Bonchev–Trinajstić information content (AvgIpc) is 2.94. The highest BCUT2D eigenvalue weighted by Gasteiger charge is 2.33. The number of hydrogen-bond donors (Lipinski definition) is 2. The monoisotopic (exact) mass is 328 g/mol. The van der Waals surface area contributed by atoms with Gasteiger partial charge in [0.05, 0.1) is 11.8 Å². The molecule has 6 heteroatoms. The van der Waals surface area contributed by atoms with Gasteiger partial charge < -0.3 is 15.0 Å². The summed E-state index contributed by atoms with van der Waals surface area (Å²) < 4.78 is 2.08. The number of aliphatic hydroxyl groups is 1. The van der Waals surface area contributed by atoms with E-state index in [1.54, 1.807) is 6.20 Å². The standard InChI is InChI=1S/C18H24N4O2/c1-18(2)8-7-15(24)14-9-11-10-19-17(21-16(11)22(14)18)20-12-3-5-13(23)6-4-12/h9-10,12-13,23H,3-8H2,1-2H3,(H,19,20,21)/t12-,13-. The number of aromatic nitrogens is 3. The van der Waals surface area contributed by atoms with Crippen LogP contribution in [-0.2, 0) is 5.54 Å². The Labute approximate surface area is 141 Å². The van der Waals surface area contributed by atoms with Crippen molar-refractivity contribution in [2.75, 3.05) is 5.32 Å². The Morgan fingerprint density at radius 3 is 2.79 bits per heavy atom. The second kappa shape index (κ2) is 5.55. The number of hydrogen-bond acceptors (Lipinski definition) is 5. The molecular formula is C18H24N4O2. The van der Waals surface area contributed by atoms with Gasteiger partial charge >= 0.3 is 0 Å². The Bertz CT molecular complexity index is 788. The number of nitrogens with zero attached hydrogens (tertiary/aromatic N) is 3. The first-order valence-electron chi connectivity index (χ1n) is 8.81. The molecule has 0 aromatic carbocycles. The molecule has 1 fully saturated rings. The maximum Gasteiger partial charge on any atom is 0.224 e. The minimum absolute atomic E-state index is 0.119. The van der Waals surface area contributed by atoms with E-state index in [0.717, 1.165) is 48.8 Å². The Morgan fingerprint density at radius 2 is 2.04 bits per heavy atom. The third kappa shape index (κ3) is 2.59. The summed E-state index contributed by atoms with van der Waals surface area (Å²) in [5, 5.41) is 13.9. The molecule has 0 amide bonds. The zero-order valence-corrected chi connectivity index (χ0v) is 14.2. The lowest BCUT2D eigenvalue weighted by Gasteiger charge is -2.33. The number of fused-ring (bicyclic) bond motifs is 3. The van der Waals surface area contributed by atoms with Crippen LogP contribution >= 0.6 is 0 Å². The van der Waals surface area contributed by atoms with E-state index in [2.05, 4.69) is 28.7 Å². The highest BCUT2D eigenvalue weighted by atomic mass is 16.3. The van der Waals surface area contributed by atoms with Gasteiger partial charge in [0, 0.05) is 29.6 Å². The molecule has 6 nitrogen and oxygen atoms in total. The van der Waals surface area contributed by atoms with Crippen LogP contribution in [0.15, 0.2) is 12.3 Å². The second-order valence-electron chi connectivity index (χ2n) is 7.72. The number of nitrogens with one attached hydrogen (secondary N) is 1. The van der Waals surface area contributed by atoms with Gasteiger partial charge in [-0.25, -0.2) is 4.98 Å². The number of carbonyl (C=O) groups is 1. The van der Waals surface area contributed by atoms with E-state index in [1.807, 2.05) is 6.07 Å². The van der Waals surface area contributed by atoms with Gasteiger partial charge in [-0.2, -0.15) is 4.98 Å². The summed E-state index contributed by atoms with van der Waals surface area (Å²) in [6.45, 7) is 4.31. The number of anilines is 1. The molecule has 3 heterocycles. The zero-order valence-electron chi connectivity index (χ0n) is 14.2. The smallest absolute Gasteiger partial charge is 0.224 e. The molecule has 2 N–H and O–H groups in total. The van der Waals surface area contributed by atoms with E-state index in [4.69, 9.17) is 4.98 Å². The van der Waals surface area contributed by atoms with Crippen molar-refractivity contribution in [1.82, 2.24) is 14.5 Å². The van der Waals surface area contributed by atoms with Gasteiger partial charge in [-0.05, 0) is 52.0 Å². The lowest BCUT2D eigenvalue weighted by atomic mass is 9.91. The summed E-state index contributed by atoms with van der Waals surface area (Å²) >= 11 is 0. The van der Waals surface area contributed by atoms with Crippen molar-refractivity contribution < 1.29 is 9.90 Å². The van der Waals surface area contributed by atoms with Gasteiger partial charge in [-0.15, -0.1) is 0 Å². The molecule has 0 saturated heterocycles. The van der Waals surface area contributed by atoms with Gasteiger partial charge in [0.2, 0.25) is 5.95 Å². The third-order valence-electron chi connectivity index (χ3n) is 5.43. The molecular weight excluding hydrogens is 304 g/mol. The predicted octanol–water partition coefficient (Wildman–Crippen LogP) is 2.86. The largest absolute Gasteiger partial charge is 0.393 e. The van der Waals surface area contributed by atoms with E-state index in [1.165, 1.54) is 0 Å². The van der Waals surface area contributed by atoms with Crippen molar-refractivity contribution in [1.29, 1.82) is 0 Å². The summed E-state index contributed by atoms with van der Waals surface area (Å²) in [6.07, 6.45) is 6.55. The van der Waals surface area contributed by atoms with Crippen LogP contribution in [0.5, 0.6) is 0 Å². The molecule has 1 aliphatic heterocycles. The minimum Gasteiger partial charge on any atom is -0.393 e. The summed E-state index contributed by atoms with van der Waals surface area (Å²) in [4.78, 5) is 21.4. The predicted molar refractivity (Wildman–Crippen MR) is 92.3 cm³/mol. The molecule has 1 saturated carbocycles. The number of ketones is 1. The van der Waals surface area contributed by atoms with Crippen LogP contribution in [0.25, 0.3) is 11.0 Å². The maximum atomic E-state index is 12.3. The van der Waals surface area contributed by atoms with Crippen LogP contribution < -0.4 is 5.32 Å². The molecule has 24 heavy (non-hydrogen) atoms. The maximum absolute atomic E-state index is 12.3. The van der Waals surface area contributed by atoms with Crippen LogP contribution in [-0.4, -0.2) is 37.6 Å². The summed E-state index contributed by atoms with van der Waals surface area (Å²) in [7, 11) is 0. The van der Waals surface area contributed by atoms with Gasteiger partial charge in [-0.1, -0.05) is 0 Å². The summed E-state index contributed by atoms with van der Waals surface area (Å²) in [5.74, 6) is 0.793. The molecule has 2 aromatic rings. The topological polar surface area (TPSA) is 80.0 Å². The van der Waals surface area contributed by atoms with E-state index >= 15 is 0 Å². The second-order valence-corrected chi connectivity index (χ2v) is 7.72. The van der Waals surface area contributed by atoms with Crippen LogP contribution in [0.1, 0.15) is 62.9 Å². The number of Topliss-reactive ketones (excluding diaryl/α,β-unsaturated/α-hetero) is 1. The lowest BCUT2D eigenvalue weighted by Crippen LogP contribution is -2.34. The normalized spacial score (nSPS) is 26.4. The average molecular weight is 328 g/mol. The summed E-state index contributed by atoms with van der Waals surface area (Å²) in [5.41, 5.74) is 1.45. The first-order chi connectivity index (χ1) is 11.4.